The first-order valence-electron chi connectivity index (χ1n) is 8.67. The van der Waals surface area contributed by atoms with Crippen molar-refractivity contribution in [1.29, 1.82) is 0 Å². The van der Waals surface area contributed by atoms with Crippen LogP contribution in [-0.4, -0.2) is 49.7 Å². The van der Waals surface area contributed by atoms with Crippen LogP contribution in [0.25, 0.3) is 0 Å². The first-order valence-corrected chi connectivity index (χ1v) is 8.67. The predicted molar refractivity (Wildman–Crippen MR) is 93.9 cm³/mol. The maximum atomic E-state index is 12.3. The molecule has 1 aromatic carbocycles. The highest BCUT2D eigenvalue weighted by molar-refractivity contribution is 5.90. The fraction of sp³-hybridized carbons (Fsp3) is 0.556. The quantitative estimate of drug-likeness (QED) is 0.753. The second-order valence-corrected chi connectivity index (χ2v) is 5.92. The molecular formula is C18H27N3O3. The summed E-state index contributed by atoms with van der Waals surface area (Å²) in [6.45, 7) is 5.08. The molecule has 0 aliphatic carbocycles. The van der Waals surface area contributed by atoms with Crippen LogP contribution < -0.4 is 10.6 Å². The Bertz CT molecular complexity index is 522. The molecule has 1 atom stereocenters. The van der Waals surface area contributed by atoms with Gasteiger partial charge in [-0.15, -0.1) is 0 Å². The summed E-state index contributed by atoms with van der Waals surface area (Å²) in [6.07, 6.45) is 2.48. The number of hydrogen-bond donors (Lipinski definition) is 2. The lowest BCUT2D eigenvalue weighted by Gasteiger charge is -2.32. The van der Waals surface area contributed by atoms with Crippen LogP contribution >= 0.6 is 0 Å². The van der Waals surface area contributed by atoms with Crippen molar-refractivity contribution in [2.45, 2.75) is 26.2 Å². The zero-order valence-corrected chi connectivity index (χ0v) is 14.3. The van der Waals surface area contributed by atoms with Gasteiger partial charge in [0.05, 0.1) is 5.92 Å². The molecule has 0 radical (unpaired) electrons. The van der Waals surface area contributed by atoms with Gasteiger partial charge >= 0.3 is 6.03 Å². The number of piperidine rings is 1. The van der Waals surface area contributed by atoms with Crippen molar-refractivity contribution < 1.29 is 14.3 Å². The van der Waals surface area contributed by atoms with Gasteiger partial charge in [-0.2, -0.15) is 0 Å². The minimum atomic E-state index is -0.143. The maximum absolute atomic E-state index is 12.3. The Labute approximate surface area is 143 Å². The maximum Gasteiger partial charge on any atom is 0.321 e. The van der Waals surface area contributed by atoms with E-state index in [-0.39, 0.29) is 17.9 Å². The number of urea groups is 1. The van der Waals surface area contributed by atoms with E-state index in [4.69, 9.17) is 4.74 Å². The molecule has 0 saturated carbocycles. The molecule has 2 N–H and O–H groups in total. The Balaban J connectivity index is 1.76. The number of nitrogens with one attached hydrogen (secondary N) is 2. The average Bonchev–Trinajstić information content (AvgIpc) is 2.62. The van der Waals surface area contributed by atoms with Crippen LogP contribution in [-0.2, 0) is 9.53 Å². The summed E-state index contributed by atoms with van der Waals surface area (Å²) in [5.41, 5.74) is 0.769. The lowest BCUT2D eigenvalue weighted by molar-refractivity contribution is -0.126. The molecule has 2 rings (SSSR count). The van der Waals surface area contributed by atoms with Crippen molar-refractivity contribution in [3.05, 3.63) is 30.3 Å². The summed E-state index contributed by atoms with van der Waals surface area (Å²) in [5.74, 6) is -0.101. The molecule has 1 unspecified atom stereocenters. The highest BCUT2D eigenvalue weighted by Crippen LogP contribution is 2.18. The molecule has 0 bridgehead atoms. The topological polar surface area (TPSA) is 70.7 Å². The fourth-order valence-corrected chi connectivity index (χ4v) is 2.77. The average molecular weight is 333 g/mol. The van der Waals surface area contributed by atoms with E-state index in [0.717, 1.165) is 24.9 Å². The van der Waals surface area contributed by atoms with Crippen molar-refractivity contribution in [1.82, 2.24) is 10.2 Å². The van der Waals surface area contributed by atoms with Gasteiger partial charge in [-0.3, -0.25) is 4.79 Å². The van der Waals surface area contributed by atoms with E-state index in [1.807, 2.05) is 37.3 Å². The van der Waals surface area contributed by atoms with Gasteiger partial charge in [0.25, 0.3) is 0 Å². The summed E-state index contributed by atoms with van der Waals surface area (Å²) in [4.78, 5) is 26.3. The Morgan fingerprint density at radius 1 is 1.29 bits per heavy atom. The van der Waals surface area contributed by atoms with E-state index in [2.05, 4.69) is 10.6 Å². The van der Waals surface area contributed by atoms with Crippen LogP contribution in [0.4, 0.5) is 10.5 Å². The molecule has 1 heterocycles. The Kier molecular flexibility index (Phi) is 7.55. The number of carbonyl (C=O) groups is 2. The molecule has 0 aromatic heterocycles. The fourth-order valence-electron chi connectivity index (χ4n) is 2.77. The lowest BCUT2D eigenvalue weighted by atomic mass is 9.97. The van der Waals surface area contributed by atoms with Crippen molar-refractivity contribution >= 4 is 17.6 Å². The standard InChI is InChI=1S/C18H27N3O3/c1-2-24-13-7-11-19-17(22)15-8-6-12-21(14-15)18(23)20-16-9-4-3-5-10-16/h3-5,9-10,15H,2,6-8,11-14H2,1H3,(H,19,22)(H,20,23). The third-order valence-corrected chi connectivity index (χ3v) is 4.07. The summed E-state index contributed by atoms with van der Waals surface area (Å²) >= 11 is 0. The van der Waals surface area contributed by atoms with Crippen LogP contribution in [0.2, 0.25) is 0 Å². The van der Waals surface area contributed by atoms with Crippen molar-refractivity contribution in [2.24, 2.45) is 5.92 Å². The number of ether oxygens (including phenoxy) is 1. The minimum Gasteiger partial charge on any atom is -0.382 e. The molecule has 1 aliphatic rings. The second kappa shape index (κ2) is 9.93. The number of amides is 3. The molecule has 1 aromatic rings. The highest BCUT2D eigenvalue weighted by atomic mass is 16.5. The summed E-state index contributed by atoms with van der Waals surface area (Å²) in [7, 11) is 0. The largest absolute Gasteiger partial charge is 0.382 e. The molecule has 1 aliphatic heterocycles. The Morgan fingerprint density at radius 2 is 2.08 bits per heavy atom. The number of likely N-dealkylation sites (tertiary alicyclic amines) is 1. The molecule has 132 valence electrons. The Morgan fingerprint density at radius 3 is 2.83 bits per heavy atom. The second-order valence-electron chi connectivity index (χ2n) is 5.92. The van der Waals surface area contributed by atoms with Crippen LogP contribution in [0, 0.1) is 5.92 Å². The lowest BCUT2D eigenvalue weighted by Crippen LogP contribution is -2.47. The highest BCUT2D eigenvalue weighted by Gasteiger charge is 2.28. The van der Waals surface area contributed by atoms with Crippen molar-refractivity contribution in [3.63, 3.8) is 0 Å². The summed E-state index contributed by atoms with van der Waals surface area (Å²) in [5, 5.41) is 5.82. The third kappa shape index (κ3) is 5.85. The minimum absolute atomic E-state index is 0.0312. The smallest absolute Gasteiger partial charge is 0.321 e. The Hall–Kier alpha value is -2.08. The molecule has 24 heavy (non-hydrogen) atoms. The SMILES string of the molecule is CCOCCCNC(=O)C1CCCN(C(=O)Nc2ccccc2)C1. The number of carbonyl (C=O) groups excluding carboxylic acids is 2. The van der Waals surface area contributed by atoms with Gasteiger partial charge in [-0.1, -0.05) is 18.2 Å². The van der Waals surface area contributed by atoms with Crippen LogP contribution in [0.15, 0.2) is 30.3 Å². The van der Waals surface area contributed by atoms with E-state index in [9.17, 15) is 9.59 Å². The van der Waals surface area contributed by atoms with Crippen LogP contribution in [0.5, 0.6) is 0 Å². The number of hydrogen-bond acceptors (Lipinski definition) is 3. The number of para-hydroxylation sites is 1. The molecular weight excluding hydrogens is 306 g/mol. The molecule has 6 heteroatoms. The number of benzene rings is 1. The van der Waals surface area contributed by atoms with Gasteiger partial charge in [0.15, 0.2) is 0 Å². The zero-order valence-electron chi connectivity index (χ0n) is 14.3. The molecule has 1 fully saturated rings. The molecule has 0 spiro atoms. The van der Waals surface area contributed by atoms with Gasteiger partial charge in [0, 0.05) is 38.5 Å². The third-order valence-electron chi connectivity index (χ3n) is 4.07. The van der Waals surface area contributed by atoms with Crippen molar-refractivity contribution in [3.8, 4) is 0 Å². The summed E-state index contributed by atoms with van der Waals surface area (Å²) in [6, 6.07) is 9.22. The number of rotatable bonds is 7. The van der Waals surface area contributed by atoms with Gasteiger partial charge in [-0.25, -0.2) is 4.79 Å². The van der Waals surface area contributed by atoms with E-state index in [1.54, 1.807) is 4.90 Å². The molecule has 3 amide bonds. The molecule has 6 nitrogen and oxygen atoms in total. The number of anilines is 1. The van der Waals surface area contributed by atoms with Gasteiger partial charge in [-0.05, 0) is 38.3 Å². The van der Waals surface area contributed by atoms with E-state index in [0.29, 0.717) is 32.8 Å². The first-order chi connectivity index (χ1) is 11.7. The van der Waals surface area contributed by atoms with Gasteiger partial charge in [0.2, 0.25) is 5.91 Å². The monoisotopic (exact) mass is 333 g/mol. The van der Waals surface area contributed by atoms with Crippen LogP contribution in [0.1, 0.15) is 26.2 Å². The zero-order chi connectivity index (χ0) is 17.2. The van der Waals surface area contributed by atoms with Crippen molar-refractivity contribution in [2.75, 3.05) is 38.2 Å². The van der Waals surface area contributed by atoms with E-state index >= 15 is 0 Å². The number of nitrogens with zero attached hydrogens (tertiary/aromatic N) is 1. The van der Waals surface area contributed by atoms with Gasteiger partial charge in [0.1, 0.15) is 0 Å². The van der Waals surface area contributed by atoms with E-state index < -0.39 is 0 Å². The first kappa shape index (κ1) is 18.3. The normalized spacial score (nSPS) is 17.4. The van der Waals surface area contributed by atoms with Crippen LogP contribution in [0.3, 0.4) is 0 Å². The van der Waals surface area contributed by atoms with E-state index in [1.165, 1.54) is 0 Å². The molecule has 1 saturated heterocycles. The predicted octanol–water partition coefficient (Wildman–Crippen LogP) is 2.47. The van der Waals surface area contributed by atoms with Gasteiger partial charge < -0.3 is 20.3 Å². The summed E-state index contributed by atoms with van der Waals surface area (Å²) < 4.78 is 5.25.